The second-order valence-electron chi connectivity index (χ2n) is 17.4. The number of anilines is 4. The van der Waals surface area contributed by atoms with Gasteiger partial charge in [0.15, 0.2) is 0 Å². The SMILES string of the molecule is CC(C)c1cc(-c2ccccc2F)cc(C(C)C)c1N1[CH-]N(c2[c-]c(Oc3[c-]c4c(cc3)c3ccccc3n4-c3ccccn3)cc(-c3ccccc3-c3ccccc3)c2)c2ccccc21.[Pt]. The number of hydrogen-bond acceptors (Lipinski definition) is 4. The van der Waals surface area contributed by atoms with E-state index >= 15 is 4.39 Å². The van der Waals surface area contributed by atoms with Crippen LogP contribution in [0, 0.1) is 24.6 Å². The van der Waals surface area contributed by atoms with Gasteiger partial charge in [-0.3, -0.25) is 0 Å². The first-order valence-corrected chi connectivity index (χ1v) is 22.5. The van der Waals surface area contributed by atoms with Gasteiger partial charge in [0.1, 0.15) is 11.6 Å². The van der Waals surface area contributed by atoms with E-state index in [1.54, 1.807) is 6.07 Å². The van der Waals surface area contributed by atoms with E-state index in [0.29, 0.717) is 17.1 Å². The first-order chi connectivity index (χ1) is 32.3. The Morgan fingerprint density at radius 3 is 1.85 bits per heavy atom. The zero-order valence-corrected chi connectivity index (χ0v) is 39.8. The van der Waals surface area contributed by atoms with E-state index in [0.717, 1.165) is 89.3 Å². The van der Waals surface area contributed by atoms with Crippen molar-refractivity contribution < 1.29 is 30.2 Å². The van der Waals surface area contributed by atoms with Crippen molar-refractivity contribution in [3.8, 4) is 50.7 Å². The Balaban J connectivity index is 0.00000525. The van der Waals surface area contributed by atoms with Gasteiger partial charge in [0.25, 0.3) is 0 Å². The summed E-state index contributed by atoms with van der Waals surface area (Å²) in [7, 11) is 0. The van der Waals surface area contributed by atoms with E-state index in [4.69, 9.17) is 9.72 Å². The van der Waals surface area contributed by atoms with Crippen LogP contribution in [0.15, 0.2) is 188 Å². The molecule has 0 bridgehead atoms. The molecule has 5 nitrogen and oxygen atoms in total. The standard InChI is InChI=1S/C60H46FN4O.Pt/c1-39(2)52-34-43(49-22-10-12-24-54(49)61)35-53(40(3)4)60(52)64-38-63(56-26-14-15-27-57(56)64)44-32-42(48-21-9-8-20-47(48)41-18-6-5-7-19-41)33-46(36-44)66-45-29-30-51-50-23-11-13-25-55(50)65(58(51)37-45)59-28-16-17-31-62-59;/h5-35,38-40H,1-4H3;/q-3;. The Bertz CT molecular complexity index is 3390. The molecule has 0 radical (unpaired) electrons. The minimum atomic E-state index is -0.227. The van der Waals surface area contributed by atoms with Gasteiger partial charge < -0.3 is 19.1 Å². The first-order valence-electron chi connectivity index (χ1n) is 22.5. The van der Waals surface area contributed by atoms with E-state index in [2.05, 4.69) is 188 Å². The van der Waals surface area contributed by atoms with Crippen molar-refractivity contribution >= 4 is 44.6 Å². The molecular weight excluding hydrogens is 1010 g/mol. The molecule has 0 saturated heterocycles. The number of fused-ring (bicyclic) bond motifs is 4. The van der Waals surface area contributed by atoms with Crippen LogP contribution in [0.4, 0.5) is 27.1 Å². The molecule has 1 aliphatic heterocycles. The maximum Gasteiger partial charge on any atom is 0.135 e. The van der Waals surface area contributed by atoms with Crippen LogP contribution in [-0.2, 0) is 21.1 Å². The molecule has 11 rings (SSSR count). The maximum atomic E-state index is 15.4. The average molecular weight is 1050 g/mol. The van der Waals surface area contributed by atoms with Gasteiger partial charge in [0.2, 0.25) is 0 Å². The van der Waals surface area contributed by atoms with Crippen molar-refractivity contribution in [3.05, 3.63) is 224 Å². The molecule has 0 spiro atoms. The van der Waals surface area contributed by atoms with Gasteiger partial charge in [0, 0.05) is 66.9 Å². The molecule has 10 aromatic rings. The summed E-state index contributed by atoms with van der Waals surface area (Å²) in [6.07, 6.45) is 1.81. The Hall–Kier alpha value is -7.27. The number of nitrogens with zero attached hydrogens (tertiary/aromatic N) is 4. The van der Waals surface area contributed by atoms with Gasteiger partial charge in [-0.05, 0) is 99.1 Å². The Kier molecular flexibility index (Phi) is 11.8. The van der Waals surface area contributed by atoms with Crippen LogP contribution < -0.4 is 14.5 Å². The van der Waals surface area contributed by atoms with Crippen molar-refractivity contribution in [3.63, 3.8) is 0 Å². The van der Waals surface area contributed by atoms with Gasteiger partial charge in [-0.15, -0.1) is 53.6 Å². The van der Waals surface area contributed by atoms with Crippen molar-refractivity contribution in [1.29, 1.82) is 0 Å². The summed E-state index contributed by atoms with van der Waals surface area (Å²) >= 11 is 0. The predicted molar refractivity (Wildman–Crippen MR) is 269 cm³/mol. The van der Waals surface area contributed by atoms with E-state index in [1.165, 1.54) is 6.07 Å². The van der Waals surface area contributed by atoms with Gasteiger partial charge in [-0.25, -0.2) is 9.37 Å². The largest absolute Gasteiger partial charge is 0.509 e. The van der Waals surface area contributed by atoms with Crippen LogP contribution in [0.3, 0.4) is 0 Å². The molecule has 0 atom stereocenters. The van der Waals surface area contributed by atoms with E-state index in [9.17, 15) is 0 Å². The number of benzene rings is 8. The van der Waals surface area contributed by atoms with Crippen LogP contribution in [0.25, 0.3) is 61.0 Å². The van der Waals surface area contributed by atoms with Crippen LogP contribution in [0.1, 0.15) is 50.7 Å². The fourth-order valence-electron chi connectivity index (χ4n) is 9.42. The summed E-state index contributed by atoms with van der Waals surface area (Å²) in [5.74, 6) is 1.98. The number of aromatic nitrogens is 2. The molecule has 8 aromatic carbocycles. The minimum absolute atomic E-state index is 0. The molecule has 0 aliphatic carbocycles. The number of hydrogen-bond donors (Lipinski definition) is 0. The van der Waals surface area contributed by atoms with Crippen LogP contribution in [0.5, 0.6) is 11.5 Å². The zero-order valence-electron chi connectivity index (χ0n) is 37.5. The second kappa shape index (κ2) is 18.2. The van der Waals surface area contributed by atoms with Crippen LogP contribution in [0.2, 0.25) is 0 Å². The summed E-state index contributed by atoms with van der Waals surface area (Å²) in [5, 5.41) is 2.18. The van der Waals surface area contributed by atoms with Crippen molar-refractivity contribution in [2.24, 2.45) is 0 Å². The first kappa shape index (κ1) is 43.6. The molecule has 67 heavy (non-hydrogen) atoms. The summed E-state index contributed by atoms with van der Waals surface area (Å²) in [6.45, 7) is 11.0. The molecule has 0 unspecified atom stereocenters. The fraction of sp³-hybridized carbons (Fsp3) is 0.100. The van der Waals surface area contributed by atoms with Crippen molar-refractivity contribution in [2.75, 3.05) is 9.80 Å². The van der Waals surface area contributed by atoms with Gasteiger partial charge in [-0.2, -0.15) is 6.07 Å². The normalized spacial score (nSPS) is 12.3. The van der Waals surface area contributed by atoms with Crippen LogP contribution >= 0.6 is 0 Å². The third-order valence-electron chi connectivity index (χ3n) is 12.5. The predicted octanol–water partition coefficient (Wildman–Crippen LogP) is 16.4. The third-order valence-corrected chi connectivity index (χ3v) is 12.5. The van der Waals surface area contributed by atoms with Gasteiger partial charge in [0.05, 0.1) is 0 Å². The summed E-state index contributed by atoms with van der Waals surface area (Å²) in [4.78, 5) is 9.25. The molecule has 0 N–H and O–H groups in total. The molecule has 0 fully saturated rings. The summed E-state index contributed by atoms with van der Waals surface area (Å²) in [6, 6.07) is 68.9. The third kappa shape index (κ3) is 8.00. The molecule has 0 saturated carbocycles. The number of ether oxygens (including phenoxy) is 1. The topological polar surface area (TPSA) is 33.5 Å². The molecule has 0 amide bonds. The van der Waals surface area contributed by atoms with Crippen molar-refractivity contribution in [1.82, 2.24) is 9.55 Å². The number of halogens is 1. The fourth-order valence-corrected chi connectivity index (χ4v) is 9.42. The molecule has 2 aromatic heterocycles. The minimum Gasteiger partial charge on any atom is -0.509 e. The zero-order chi connectivity index (χ0) is 44.9. The molecule has 7 heteroatoms. The van der Waals surface area contributed by atoms with E-state index in [1.807, 2.05) is 48.7 Å². The monoisotopic (exact) mass is 1050 g/mol. The summed E-state index contributed by atoms with van der Waals surface area (Å²) in [5.41, 5.74) is 13.9. The Morgan fingerprint density at radius 2 is 1.15 bits per heavy atom. The number of para-hydroxylation sites is 3. The summed E-state index contributed by atoms with van der Waals surface area (Å²) < 4.78 is 24.4. The average Bonchev–Trinajstić information content (AvgIpc) is 3.90. The molecule has 3 heterocycles. The van der Waals surface area contributed by atoms with Gasteiger partial charge in [-0.1, -0.05) is 142 Å². The smallest absolute Gasteiger partial charge is 0.135 e. The van der Waals surface area contributed by atoms with Crippen molar-refractivity contribution in [2.45, 2.75) is 39.5 Å². The Morgan fingerprint density at radius 1 is 0.537 bits per heavy atom. The molecule has 332 valence electrons. The molecular formula is C60H46FN4OPt-3. The number of rotatable bonds is 10. The number of pyridine rings is 1. The van der Waals surface area contributed by atoms with Crippen LogP contribution in [-0.4, -0.2) is 9.55 Å². The second-order valence-corrected chi connectivity index (χ2v) is 17.4. The Labute approximate surface area is 406 Å². The quantitative estimate of drug-likeness (QED) is 0.128. The van der Waals surface area contributed by atoms with E-state index in [-0.39, 0.29) is 38.7 Å². The van der Waals surface area contributed by atoms with E-state index < -0.39 is 0 Å². The van der Waals surface area contributed by atoms with Gasteiger partial charge >= 0.3 is 0 Å². The molecule has 1 aliphatic rings. The maximum absolute atomic E-state index is 15.4.